The van der Waals surface area contributed by atoms with Crippen LogP contribution in [0.25, 0.3) is 16.7 Å². The van der Waals surface area contributed by atoms with Crippen molar-refractivity contribution in [1.82, 2.24) is 14.9 Å². The van der Waals surface area contributed by atoms with Gasteiger partial charge in [-0.05, 0) is 38.6 Å². The molecule has 9 nitrogen and oxygen atoms in total. The standard InChI is InChI=1S/C23H22F3N5O4/c1-23(27-2)6-7-30(11-18(23)29-35-3)21-16(26)9-13-19(32)14(22(33)34)10-31(20(13)28-21)17-5-4-12(24)8-15(17)25/h4-5,8-10,27H,6-7,11H2,1-3H3,(H,33,34)/b29-18+. The third-order valence-electron chi connectivity index (χ3n) is 6.22. The van der Waals surface area contributed by atoms with E-state index in [4.69, 9.17) is 4.84 Å². The molecule has 1 aliphatic heterocycles. The quantitative estimate of drug-likeness (QED) is 0.531. The summed E-state index contributed by atoms with van der Waals surface area (Å²) in [5.41, 5.74) is -2.06. The molecule has 0 bridgehead atoms. The van der Waals surface area contributed by atoms with Crippen molar-refractivity contribution in [3.8, 4) is 5.69 Å². The Kier molecular flexibility index (Phi) is 6.24. The Labute approximate surface area is 197 Å². The monoisotopic (exact) mass is 489 g/mol. The van der Waals surface area contributed by atoms with Crippen molar-refractivity contribution in [2.45, 2.75) is 18.9 Å². The highest BCUT2D eigenvalue weighted by Gasteiger charge is 2.37. The van der Waals surface area contributed by atoms with Gasteiger partial charge in [-0.15, -0.1) is 0 Å². The summed E-state index contributed by atoms with van der Waals surface area (Å²) < 4.78 is 44.4. The van der Waals surface area contributed by atoms with Gasteiger partial charge in [-0.25, -0.2) is 22.9 Å². The lowest BCUT2D eigenvalue weighted by Crippen LogP contribution is -2.58. The maximum Gasteiger partial charge on any atom is 0.341 e. The van der Waals surface area contributed by atoms with Gasteiger partial charge in [0, 0.05) is 18.8 Å². The molecular weight excluding hydrogens is 467 g/mol. The van der Waals surface area contributed by atoms with E-state index >= 15 is 4.39 Å². The van der Waals surface area contributed by atoms with Crippen LogP contribution < -0.4 is 15.6 Å². The first-order valence-corrected chi connectivity index (χ1v) is 10.6. The van der Waals surface area contributed by atoms with Gasteiger partial charge in [-0.2, -0.15) is 0 Å². The average molecular weight is 489 g/mol. The molecule has 1 saturated heterocycles. The van der Waals surface area contributed by atoms with Crippen LogP contribution in [0.2, 0.25) is 0 Å². The topological polar surface area (TPSA) is 109 Å². The highest BCUT2D eigenvalue weighted by atomic mass is 19.1. The number of carboxylic acid groups (broad SMARTS) is 1. The first-order chi connectivity index (χ1) is 16.6. The van der Waals surface area contributed by atoms with E-state index in [1.807, 2.05) is 6.92 Å². The van der Waals surface area contributed by atoms with Gasteiger partial charge < -0.3 is 20.2 Å². The second-order valence-corrected chi connectivity index (χ2v) is 8.28. The molecule has 3 aromatic rings. The highest BCUT2D eigenvalue weighted by Crippen LogP contribution is 2.28. The molecular formula is C23H22F3N5O4. The summed E-state index contributed by atoms with van der Waals surface area (Å²) in [6.07, 6.45) is 1.41. The van der Waals surface area contributed by atoms with E-state index in [1.54, 1.807) is 11.9 Å². The van der Waals surface area contributed by atoms with Gasteiger partial charge in [-0.1, -0.05) is 5.16 Å². The average Bonchev–Trinajstić information content (AvgIpc) is 2.81. The minimum Gasteiger partial charge on any atom is -0.477 e. The normalized spacial score (nSPS) is 19.4. The SMILES string of the molecule is CNC1(C)CCN(c2nc3c(cc2F)c(=O)c(C(=O)O)cn3-c2ccc(F)cc2F)C/C1=N\OC. The number of carbonyl (C=O) groups is 1. The molecule has 0 radical (unpaired) electrons. The summed E-state index contributed by atoms with van der Waals surface area (Å²) in [4.78, 5) is 35.3. The van der Waals surface area contributed by atoms with Crippen molar-refractivity contribution >= 4 is 28.5 Å². The number of hydrogen-bond donors (Lipinski definition) is 2. The molecule has 4 rings (SSSR count). The molecule has 0 spiro atoms. The van der Waals surface area contributed by atoms with Crippen LogP contribution in [0, 0.1) is 17.5 Å². The van der Waals surface area contributed by atoms with Crippen LogP contribution in [-0.2, 0) is 4.84 Å². The number of carboxylic acids is 1. The zero-order valence-electron chi connectivity index (χ0n) is 19.1. The molecule has 0 aliphatic carbocycles. The van der Waals surface area contributed by atoms with Crippen LogP contribution in [0.15, 0.2) is 40.4 Å². The molecule has 12 heteroatoms. The second-order valence-electron chi connectivity index (χ2n) is 8.28. The van der Waals surface area contributed by atoms with Crippen LogP contribution in [0.3, 0.4) is 0 Å². The van der Waals surface area contributed by atoms with E-state index in [0.29, 0.717) is 24.7 Å². The molecule has 0 amide bonds. The van der Waals surface area contributed by atoms with Crippen molar-refractivity contribution in [3.63, 3.8) is 0 Å². The van der Waals surface area contributed by atoms with E-state index in [-0.39, 0.29) is 29.1 Å². The smallest absolute Gasteiger partial charge is 0.341 e. The van der Waals surface area contributed by atoms with Gasteiger partial charge in [0.25, 0.3) is 0 Å². The number of halogens is 3. The molecule has 1 unspecified atom stereocenters. The van der Waals surface area contributed by atoms with Crippen molar-refractivity contribution in [1.29, 1.82) is 0 Å². The molecule has 3 heterocycles. The number of hydrogen-bond acceptors (Lipinski definition) is 7. The first kappa shape index (κ1) is 24.2. The third-order valence-corrected chi connectivity index (χ3v) is 6.22. The number of rotatable bonds is 5. The van der Waals surface area contributed by atoms with Crippen molar-refractivity contribution < 1.29 is 27.9 Å². The van der Waals surface area contributed by atoms with E-state index in [0.717, 1.165) is 29.0 Å². The molecule has 184 valence electrons. The number of anilines is 1. The Bertz CT molecular complexity index is 1420. The Hall–Kier alpha value is -3.93. The Morgan fingerprint density at radius 1 is 1.26 bits per heavy atom. The summed E-state index contributed by atoms with van der Waals surface area (Å²) in [5.74, 6) is -4.46. The number of aromatic carboxylic acids is 1. The van der Waals surface area contributed by atoms with Crippen LogP contribution in [-0.4, -0.2) is 59.1 Å². The van der Waals surface area contributed by atoms with Crippen LogP contribution in [0.4, 0.5) is 19.0 Å². The molecule has 2 aromatic heterocycles. The van der Waals surface area contributed by atoms with Gasteiger partial charge >= 0.3 is 5.97 Å². The predicted octanol–water partition coefficient (Wildman–Crippen LogP) is 2.69. The van der Waals surface area contributed by atoms with E-state index < -0.39 is 40.0 Å². The number of benzene rings is 1. The second kappa shape index (κ2) is 9.02. The largest absolute Gasteiger partial charge is 0.477 e. The number of pyridine rings is 2. The summed E-state index contributed by atoms with van der Waals surface area (Å²) in [6, 6.07) is 3.54. The van der Waals surface area contributed by atoms with Crippen LogP contribution in [0.5, 0.6) is 0 Å². The minimum absolute atomic E-state index is 0.141. The van der Waals surface area contributed by atoms with Gasteiger partial charge in [0.1, 0.15) is 24.3 Å². The molecule has 2 N–H and O–H groups in total. The molecule has 35 heavy (non-hydrogen) atoms. The Morgan fingerprint density at radius 2 is 2.00 bits per heavy atom. The molecule has 1 atom stereocenters. The highest BCUT2D eigenvalue weighted by molar-refractivity contribution is 5.98. The van der Waals surface area contributed by atoms with Gasteiger partial charge in [-0.3, -0.25) is 9.36 Å². The van der Waals surface area contributed by atoms with Crippen molar-refractivity contribution in [2.24, 2.45) is 5.16 Å². The van der Waals surface area contributed by atoms with Gasteiger partial charge in [0.15, 0.2) is 17.3 Å². The maximum atomic E-state index is 15.3. The lowest BCUT2D eigenvalue weighted by atomic mass is 9.87. The number of aromatic nitrogens is 2. The predicted molar refractivity (Wildman–Crippen MR) is 123 cm³/mol. The van der Waals surface area contributed by atoms with E-state index in [9.17, 15) is 23.5 Å². The number of fused-ring (bicyclic) bond motifs is 1. The van der Waals surface area contributed by atoms with Crippen molar-refractivity contribution in [2.75, 3.05) is 32.1 Å². The number of nitrogens with one attached hydrogen (secondary N) is 1. The van der Waals surface area contributed by atoms with Gasteiger partial charge in [0.05, 0.1) is 28.9 Å². The molecule has 0 saturated carbocycles. The van der Waals surface area contributed by atoms with Crippen molar-refractivity contribution in [3.05, 3.63) is 63.7 Å². The molecule has 1 aliphatic rings. The summed E-state index contributed by atoms with van der Waals surface area (Å²) in [7, 11) is 3.17. The van der Waals surface area contributed by atoms with E-state index in [2.05, 4.69) is 15.5 Å². The molecule has 1 fully saturated rings. The fraction of sp³-hybridized carbons (Fsp3) is 0.304. The lowest BCUT2D eigenvalue weighted by Gasteiger charge is -2.40. The number of piperidine rings is 1. The first-order valence-electron chi connectivity index (χ1n) is 10.6. The zero-order valence-corrected chi connectivity index (χ0v) is 19.1. The Balaban J connectivity index is 1.95. The lowest BCUT2D eigenvalue weighted by molar-refractivity contribution is 0.0695. The van der Waals surface area contributed by atoms with E-state index in [1.165, 1.54) is 7.11 Å². The number of nitrogens with zero attached hydrogens (tertiary/aromatic N) is 4. The van der Waals surface area contributed by atoms with Crippen LogP contribution >= 0.6 is 0 Å². The minimum atomic E-state index is -1.58. The summed E-state index contributed by atoms with van der Waals surface area (Å²) in [6.45, 7) is 2.43. The fourth-order valence-electron chi connectivity index (χ4n) is 4.08. The fourth-order valence-corrected chi connectivity index (χ4v) is 4.08. The summed E-state index contributed by atoms with van der Waals surface area (Å²) >= 11 is 0. The summed E-state index contributed by atoms with van der Waals surface area (Å²) in [5, 5.41) is 16.3. The molecule has 1 aromatic carbocycles. The van der Waals surface area contributed by atoms with Crippen LogP contribution in [0.1, 0.15) is 23.7 Å². The third kappa shape index (κ3) is 4.20. The Morgan fingerprint density at radius 3 is 2.63 bits per heavy atom. The maximum absolute atomic E-state index is 15.3. The number of oxime groups is 1. The van der Waals surface area contributed by atoms with Gasteiger partial charge in [0.2, 0.25) is 5.43 Å². The zero-order chi connectivity index (χ0) is 25.5.